The summed E-state index contributed by atoms with van der Waals surface area (Å²) >= 11 is 0. The minimum Gasteiger partial charge on any atom is -0.497 e. The average Bonchev–Trinajstić information content (AvgIpc) is 2.85. The third-order valence-corrected chi connectivity index (χ3v) is 4.33. The van der Waals surface area contributed by atoms with Crippen molar-refractivity contribution in [3.63, 3.8) is 0 Å². The van der Waals surface area contributed by atoms with Crippen LogP contribution in [0.25, 0.3) is 0 Å². The Hall–Kier alpha value is -4.73. The highest BCUT2D eigenvalue weighted by Gasteiger charge is 2.14. The summed E-state index contributed by atoms with van der Waals surface area (Å²) in [7, 11) is 1.56. The van der Waals surface area contributed by atoms with E-state index in [2.05, 4.69) is 21.2 Å². The fourth-order valence-electron chi connectivity index (χ4n) is 2.63. The first-order valence-corrected chi connectivity index (χ1v) is 10.0. The molecule has 3 rings (SSSR count). The van der Waals surface area contributed by atoms with Crippen LogP contribution in [0.15, 0.2) is 77.9 Å². The van der Waals surface area contributed by atoms with Gasteiger partial charge in [0.05, 0.1) is 19.0 Å². The molecule has 3 N–H and O–H groups in total. The lowest BCUT2D eigenvalue weighted by Gasteiger charge is -2.08. The smallest absolute Gasteiger partial charge is 0.329 e. The number of hydrogen-bond donors (Lipinski definition) is 3. The van der Waals surface area contributed by atoms with Gasteiger partial charge in [-0.15, -0.1) is 0 Å². The number of amides is 3. The quantitative estimate of drug-likeness (QED) is 0.269. The summed E-state index contributed by atoms with van der Waals surface area (Å²) < 4.78 is 24.0. The number of nitrogens with zero attached hydrogens (tertiary/aromatic N) is 1. The number of halogens is 1. The van der Waals surface area contributed by atoms with E-state index in [0.717, 1.165) is 6.07 Å². The molecule has 0 aliphatic carbocycles. The Labute approximate surface area is 194 Å². The number of hydrogen-bond acceptors (Lipinski definition) is 6. The first-order valence-electron chi connectivity index (χ1n) is 10.0. The van der Waals surface area contributed by atoms with Gasteiger partial charge in [-0.25, -0.2) is 9.82 Å². The van der Waals surface area contributed by atoms with E-state index in [0.29, 0.717) is 22.7 Å². The van der Waals surface area contributed by atoms with Gasteiger partial charge in [0.15, 0.2) is 6.61 Å². The maximum Gasteiger partial charge on any atom is 0.329 e. The molecule has 0 atom stereocenters. The van der Waals surface area contributed by atoms with Gasteiger partial charge in [-0.3, -0.25) is 14.4 Å². The van der Waals surface area contributed by atoms with Crippen molar-refractivity contribution in [2.45, 2.75) is 0 Å². The predicted molar refractivity (Wildman–Crippen MR) is 124 cm³/mol. The van der Waals surface area contributed by atoms with Crippen LogP contribution in [0.3, 0.4) is 0 Å². The molecule has 0 aliphatic heterocycles. The molecule has 0 aromatic heterocycles. The second-order valence-electron chi connectivity index (χ2n) is 6.77. The summed E-state index contributed by atoms with van der Waals surface area (Å²) in [6, 6.07) is 18.9. The van der Waals surface area contributed by atoms with E-state index in [1.807, 2.05) is 0 Å². The Morgan fingerprint density at radius 3 is 2.24 bits per heavy atom. The Morgan fingerprint density at radius 1 is 0.882 bits per heavy atom. The summed E-state index contributed by atoms with van der Waals surface area (Å²) in [5.74, 6) is -1.96. The van der Waals surface area contributed by atoms with Crippen molar-refractivity contribution < 1.29 is 28.2 Å². The molecule has 9 nitrogen and oxygen atoms in total. The second-order valence-corrected chi connectivity index (χ2v) is 6.77. The van der Waals surface area contributed by atoms with Crippen LogP contribution in [0.2, 0.25) is 0 Å². The number of hydrazone groups is 1. The number of rotatable bonds is 8. The summed E-state index contributed by atoms with van der Waals surface area (Å²) in [4.78, 5) is 35.6. The zero-order valence-electron chi connectivity index (χ0n) is 18.1. The molecule has 3 amide bonds. The minimum atomic E-state index is -1.06. The Kier molecular flexibility index (Phi) is 8.28. The van der Waals surface area contributed by atoms with Crippen LogP contribution < -0.4 is 25.5 Å². The maximum absolute atomic E-state index is 13.5. The predicted octanol–water partition coefficient (Wildman–Crippen LogP) is 2.94. The van der Waals surface area contributed by atoms with Crippen LogP contribution in [0, 0.1) is 5.82 Å². The van der Waals surface area contributed by atoms with Crippen LogP contribution in [0.1, 0.15) is 5.56 Å². The Balaban J connectivity index is 1.42. The van der Waals surface area contributed by atoms with E-state index in [9.17, 15) is 18.8 Å². The van der Waals surface area contributed by atoms with Crippen molar-refractivity contribution in [1.29, 1.82) is 0 Å². The highest BCUT2D eigenvalue weighted by atomic mass is 19.1. The third kappa shape index (κ3) is 7.16. The molecular weight excluding hydrogens is 443 g/mol. The van der Waals surface area contributed by atoms with Gasteiger partial charge in [0.25, 0.3) is 5.91 Å². The molecular formula is C24H21FN4O5. The molecule has 0 fully saturated rings. The first-order chi connectivity index (χ1) is 16.4. The van der Waals surface area contributed by atoms with Crippen LogP contribution in [-0.4, -0.2) is 37.7 Å². The van der Waals surface area contributed by atoms with E-state index in [4.69, 9.17) is 9.47 Å². The molecule has 10 heteroatoms. The Bertz CT molecular complexity index is 1180. The molecule has 0 aliphatic rings. The van der Waals surface area contributed by atoms with Crippen molar-refractivity contribution >= 4 is 35.3 Å². The third-order valence-electron chi connectivity index (χ3n) is 4.33. The minimum absolute atomic E-state index is 0.111. The van der Waals surface area contributed by atoms with Crippen molar-refractivity contribution in [1.82, 2.24) is 5.43 Å². The first kappa shape index (κ1) is 23.9. The van der Waals surface area contributed by atoms with Crippen molar-refractivity contribution in [3.05, 3.63) is 84.2 Å². The van der Waals surface area contributed by atoms with Crippen LogP contribution >= 0.6 is 0 Å². The second kappa shape index (κ2) is 11.8. The number of methoxy groups -OCH3 is 1. The van der Waals surface area contributed by atoms with Gasteiger partial charge in [-0.1, -0.05) is 12.1 Å². The standard InChI is InChI=1S/C24H21FN4O5/c1-33-18-12-8-17(9-13-18)27-22(30)15-34-19-10-6-16(7-11-19)14-26-29-24(32)23(31)28-21-5-3-2-4-20(21)25/h2-14H,15H2,1H3,(H,27,30)(H,28,31)(H,29,32)/b26-14-. The molecule has 0 saturated heterocycles. The molecule has 3 aromatic rings. The molecule has 0 saturated carbocycles. The molecule has 174 valence electrons. The summed E-state index contributed by atoms with van der Waals surface area (Å²) in [6.07, 6.45) is 1.31. The van der Waals surface area contributed by atoms with Crippen molar-refractivity contribution in [2.75, 3.05) is 24.4 Å². The zero-order chi connectivity index (χ0) is 24.3. The zero-order valence-corrected chi connectivity index (χ0v) is 18.1. The fourth-order valence-corrected chi connectivity index (χ4v) is 2.63. The van der Waals surface area contributed by atoms with Crippen molar-refractivity contribution in [2.24, 2.45) is 5.10 Å². The number of carbonyl (C=O) groups excluding carboxylic acids is 3. The van der Waals surface area contributed by atoms with E-state index in [1.165, 1.54) is 24.4 Å². The number of benzene rings is 3. The average molecular weight is 464 g/mol. The van der Waals surface area contributed by atoms with Crippen LogP contribution in [0.5, 0.6) is 11.5 Å². The number of nitrogens with one attached hydrogen (secondary N) is 3. The largest absolute Gasteiger partial charge is 0.497 e. The van der Waals surface area contributed by atoms with Crippen LogP contribution in [0.4, 0.5) is 15.8 Å². The van der Waals surface area contributed by atoms with E-state index in [-0.39, 0.29) is 18.2 Å². The summed E-state index contributed by atoms with van der Waals surface area (Å²) in [5.41, 5.74) is 3.17. The fraction of sp³-hybridized carbons (Fsp3) is 0.0833. The Morgan fingerprint density at radius 2 is 1.56 bits per heavy atom. The molecule has 34 heavy (non-hydrogen) atoms. The summed E-state index contributed by atoms with van der Waals surface area (Å²) in [5, 5.41) is 8.56. The van der Waals surface area contributed by atoms with Crippen molar-refractivity contribution in [3.8, 4) is 11.5 Å². The number of para-hydroxylation sites is 1. The van der Waals surface area contributed by atoms with E-state index in [1.54, 1.807) is 55.6 Å². The van der Waals surface area contributed by atoms with Gasteiger partial charge in [-0.2, -0.15) is 5.10 Å². The lowest BCUT2D eigenvalue weighted by atomic mass is 10.2. The molecule has 0 unspecified atom stereocenters. The van der Waals surface area contributed by atoms with Crippen LogP contribution in [-0.2, 0) is 14.4 Å². The topological polar surface area (TPSA) is 118 Å². The lowest BCUT2D eigenvalue weighted by molar-refractivity contribution is -0.136. The maximum atomic E-state index is 13.5. The van der Waals surface area contributed by atoms with Gasteiger partial charge in [0, 0.05) is 5.69 Å². The van der Waals surface area contributed by atoms with Gasteiger partial charge in [0.2, 0.25) is 0 Å². The normalized spacial score (nSPS) is 10.4. The number of ether oxygens (including phenoxy) is 2. The molecule has 3 aromatic carbocycles. The number of carbonyl (C=O) groups is 3. The lowest BCUT2D eigenvalue weighted by Crippen LogP contribution is -2.32. The van der Waals surface area contributed by atoms with Gasteiger partial charge < -0.3 is 20.1 Å². The monoisotopic (exact) mass is 464 g/mol. The molecule has 0 heterocycles. The highest BCUT2D eigenvalue weighted by Crippen LogP contribution is 2.16. The summed E-state index contributed by atoms with van der Waals surface area (Å²) in [6.45, 7) is -0.188. The van der Waals surface area contributed by atoms with Gasteiger partial charge >= 0.3 is 11.8 Å². The highest BCUT2D eigenvalue weighted by molar-refractivity contribution is 6.39. The number of anilines is 2. The molecule has 0 bridgehead atoms. The molecule has 0 radical (unpaired) electrons. The van der Waals surface area contributed by atoms with E-state index >= 15 is 0 Å². The van der Waals surface area contributed by atoms with E-state index < -0.39 is 17.6 Å². The van der Waals surface area contributed by atoms with Gasteiger partial charge in [-0.05, 0) is 66.2 Å². The van der Waals surface area contributed by atoms with Gasteiger partial charge in [0.1, 0.15) is 17.3 Å². The SMILES string of the molecule is COc1ccc(NC(=O)COc2ccc(/C=N\NC(=O)C(=O)Nc3ccccc3F)cc2)cc1. The molecule has 0 spiro atoms.